The molecule has 0 saturated heterocycles. The Morgan fingerprint density at radius 2 is 1.83 bits per heavy atom. The highest BCUT2D eigenvalue weighted by atomic mass is 15.0. The van der Waals surface area contributed by atoms with Gasteiger partial charge in [-0.2, -0.15) is 0 Å². The van der Waals surface area contributed by atoms with Crippen molar-refractivity contribution in [2.24, 2.45) is 11.7 Å². The van der Waals surface area contributed by atoms with Crippen molar-refractivity contribution in [1.29, 1.82) is 0 Å². The maximum atomic E-state index is 6.09. The first-order chi connectivity index (χ1) is 5.86. The molecule has 0 spiro atoms. The standard InChI is InChI=1S/C10H20N2/c11-10(7-12-9-5-6-9)8-3-1-2-4-8/h8-10,12H,1-7,11H2. The molecular weight excluding hydrogens is 148 g/mol. The molecule has 2 heteroatoms. The average molecular weight is 168 g/mol. The molecule has 0 aromatic rings. The summed E-state index contributed by atoms with van der Waals surface area (Å²) in [6.45, 7) is 1.05. The van der Waals surface area contributed by atoms with Crippen LogP contribution in [0, 0.1) is 5.92 Å². The lowest BCUT2D eigenvalue weighted by Gasteiger charge is -2.18. The van der Waals surface area contributed by atoms with E-state index in [-0.39, 0.29) is 0 Å². The zero-order valence-corrected chi connectivity index (χ0v) is 7.76. The van der Waals surface area contributed by atoms with Crippen LogP contribution in [-0.2, 0) is 0 Å². The highest BCUT2D eigenvalue weighted by Gasteiger charge is 2.25. The van der Waals surface area contributed by atoms with E-state index in [9.17, 15) is 0 Å². The molecule has 70 valence electrons. The molecule has 2 aliphatic rings. The van der Waals surface area contributed by atoms with Crippen molar-refractivity contribution in [3.8, 4) is 0 Å². The van der Waals surface area contributed by atoms with Gasteiger partial charge in [0.25, 0.3) is 0 Å². The van der Waals surface area contributed by atoms with E-state index in [0.29, 0.717) is 6.04 Å². The smallest absolute Gasteiger partial charge is 0.0194 e. The van der Waals surface area contributed by atoms with Gasteiger partial charge in [0.05, 0.1) is 0 Å². The maximum Gasteiger partial charge on any atom is 0.0194 e. The Labute approximate surface area is 74.9 Å². The van der Waals surface area contributed by atoms with Crippen molar-refractivity contribution in [2.45, 2.75) is 50.6 Å². The molecule has 2 rings (SSSR count). The van der Waals surface area contributed by atoms with Crippen LogP contribution in [0.1, 0.15) is 38.5 Å². The predicted octanol–water partition coefficient (Wildman–Crippen LogP) is 1.26. The third kappa shape index (κ3) is 2.20. The molecule has 1 atom stereocenters. The van der Waals surface area contributed by atoms with Crippen LogP contribution in [0.2, 0.25) is 0 Å². The molecule has 0 radical (unpaired) electrons. The van der Waals surface area contributed by atoms with Gasteiger partial charge in [0.2, 0.25) is 0 Å². The molecule has 0 aromatic carbocycles. The molecular formula is C10H20N2. The van der Waals surface area contributed by atoms with Crippen molar-refractivity contribution in [1.82, 2.24) is 5.32 Å². The topological polar surface area (TPSA) is 38.0 Å². The van der Waals surface area contributed by atoms with E-state index < -0.39 is 0 Å². The summed E-state index contributed by atoms with van der Waals surface area (Å²) in [5, 5.41) is 3.51. The zero-order valence-electron chi connectivity index (χ0n) is 7.76. The fourth-order valence-corrected chi connectivity index (χ4v) is 2.14. The Morgan fingerprint density at radius 1 is 1.17 bits per heavy atom. The van der Waals surface area contributed by atoms with E-state index in [1.807, 2.05) is 0 Å². The Bertz CT molecular complexity index is 137. The SMILES string of the molecule is NC(CNC1CC1)C1CCCC1. The predicted molar refractivity (Wildman–Crippen MR) is 51.0 cm³/mol. The van der Waals surface area contributed by atoms with Gasteiger partial charge in [-0.15, -0.1) is 0 Å². The molecule has 3 N–H and O–H groups in total. The molecule has 0 aromatic heterocycles. The number of hydrogen-bond donors (Lipinski definition) is 2. The molecule has 1 unspecified atom stereocenters. The lowest BCUT2D eigenvalue weighted by atomic mass is 9.99. The highest BCUT2D eigenvalue weighted by Crippen LogP contribution is 2.27. The number of hydrogen-bond acceptors (Lipinski definition) is 2. The second kappa shape index (κ2) is 3.75. The highest BCUT2D eigenvalue weighted by molar-refractivity contribution is 4.85. The van der Waals surface area contributed by atoms with Crippen molar-refractivity contribution in [2.75, 3.05) is 6.54 Å². The number of nitrogens with two attached hydrogens (primary N) is 1. The van der Waals surface area contributed by atoms with Crippen LogP contribution in [-0.4, -0.2) is 18.6 Å². The molecule has 0 aliphatic heterocycles. The molecule has 0 heterocycles. The minimum absolute atomic E-state index is 0.424. The van der Waals surface area contributed by atoms with Crippen molar-refractivity contribution < 1.29 is 0 Å². The molecule has 0 amide bonds. The fourth-order valence-electron chi connectivity index (χ4n) is 2.14. The summed E-state index contributed by atoms with van der Waals surface area (Å²) in [6, 6.07) is 1.24. The monoisotopic (exact) mass is 168 g/mol. The van der Waals surface area contributed by atoms with Gasteiger partial charge in [-0.3, -0.25) is 0 Å². The van der Waals surface area contributed by atoms with Crippen LogP contribution in [0.3, 0.4) is 0 Å². The van der Waals surface area contributed by atoms with Gasteiger partial charge in [0, 0.05) is 18.6 Å². The van der Waals surface area contributed by atoms with Crippen molar-refractivity contribution >= 4 is 0 Å². The summed E-state index contributed by atoms with van der Waals surface area (Å²) in [7, 11) is 0. The van der Waals surface area contributed by atoms with E-state index >= 15 is 0 Å². The summed E-state index contributed by atoms with van der Waals surface area (Å²) in [5.74, 6) is 0.816. The van der Waals surface area contributed by atoms with Gasteiger partial charge in [0.15, 0.2) is 0 Å². The van der Waals surface area contributed by atoms with E-state index in [1.54, 1.807) is 0 Å². The van der Waals surface area contributed by atoms with Gasteiger partial charge in [0.1, 0.15) is 0 Å². The summed E-state index contributed by atoms with van der Waals surface area (Å²) < 4.78 is 0. The van der Waals surface area contributed by atoms with Crippen LogP contribution in [0.5, 0.6) is 0 Å². The summed E-state index contributed by atoms with van der Waals surface area (Å²) in [4.78, 5) is 0. The third-order valence-corrected chi connectivity index (χ3v) is 3.22. The summed E-state index contributed by atoms with van der Waals surface area (Å²) >= 11 is 0. The van der Waals surface area contributed by atoms with Crippen LogP contribution in [0.4, 0.5) is 0 Å². The lowest BCUT2D eigenvalue weighted by molar-refractivity contribution is 0.408. The van der Waals surface area contributed by atoms with Gasteiger partial charge >= 0.3 is 0 Å². The van der Waals surface area contributed by atoms with Crippen molar-refractivity contribution in [3.05, 3.63) is 0 Å². The Kier molecular flexibility index (Phi) is 2.66. The molecule has 2 aliphatic carbocycles. The summed E-state index contributed by atoms with van der Waals surface area (Å²) in [6.07, 6.45) is 8.29. The fraction of sp³-hybridized carbons (Fsp3) is 1.00. The summed E-state index contributed by atoms with van der Waals surface area (Å²) in [5.41, 5.74) is 6.09. The van der Waals surface area contributed by atoms with E-state index in [1.165, 1.54) is 38.5 Å². The maximum absolute atomic E-state index is 6.09. The Balaban J connectivity index is 1.64. The second-order valence-corrected chi connectivity index (χ2v) is 4.39. The lowest BCUT2D eigenvalue weighted by Crippen LogP contribution is -2.39. The quantitative estimate of drug-likeness (QED) is 0.663. The van der Waals surface area contributed by atoms with Gasteiger partial charge in [-0.05, 0) is 31.6 Å². The van der Waals surface area contributed by atoms with Crippen LogP contribution < -0.4 is 11.1 Å². The molecule has 2 fully saturated rings. The van der Waals surface area contributed by atoms with Gasteiger partial charge in [-0.1, -0.05) is 12.8 Å². The molecule has 0 bridgehead atoms. The minimum Gasteiger partial charge on any atom is -0.326 e. The van der Waals surface area contributed by atoms with Crippen LogP contribution in [0.15, 0.2) is 0 Å². The second-order valence-electron chi connectivity index (χ2n) is 4.39. The van der Waals surface area contributed by atoms with Gasteiger partial charge < -0.3 is 11.1 Å². The molecule has 12 heavy (non-hydrogen) atoms. The van der Waals surface area contributed by atoms with Crippen molar-refractivity contribution in [3.63, 3.8) is 0 Å². The van der Waals surface area contributed by atoms with E-state index in [2.05, 4.69) is 5.32 Å². The minimum atomic E-state index is 0.424. The zero-order chi connectivity index (χ0) is 8.39. The Morgan fingerprint density at radius 3 is 2.42 bits per heavy atom. The number of nitrogens with one attached hydrogen (secondary N) is 1. The first kappa shape index (κ1) is 8.52. The molecule has 2 saturated carbocycles. The van der Waals surface area contributed by atoms with Crippen LogP contribution in [0.25, 0.3) is 0 Å². The normalized spacial score (nSPS) is 27.8. The van der Waals surface area contributed by atoms with Gasteiger partial charge in [-0.25, -0.2) is 0 Å². The first-order valence-electron chi connectivity index (χ1n) is 5.35. The largest absolute Gasteiger partial charge is 0.326 e. The molecule has 2 nitrogen and oxygen atoms in total. The third-order valence-electron chi connectivity index (χ3n) is 3.22. The van der Waals surface area contributed by atoms with E-state index in [4.69, 9.17) is 5.73 Å². The number of rotatable bonds is 4. The Hall–Kier alpha value is -0.0800. The average Bonchev–Trinajstić information content (AvgIpc) is 2.74. The first-order valence-corrected chi connectivity index (χ1v) is 5.35. The van der Waals surface area contributed by atoms with Crippen LogP contribution >= 0.6 is 0 Å². The van der Waals surface area contributed by atoms with E-state index in [0.717, 1.165) is 18.5 Å².